The first-order chi connectivity index (χ1) is 6.77. The average molecular weight is 198 g/mol. The lowest BCUT2D eigenvalue weighted by molar-refractivity contribution is -0.127. The highest BCUT2D eigenvalue weighted by molar-refractivity contribution is 5.85. The summed E-state index contributed by atoms with van der Waals surface area (Å²) in [6.07, 6.45) is 3.97. The maximum atomic E-state index is 11.8. The first-order valence-corrected chi connectivity index (χ1v) is 5.36. The molecule has 1 unspecified atom stereocenters. The van der Waals surface area contributed by atoms with E-state index in [9.17, 15) is 4.79 Å². The fourth-order valence-electron chi connectivity index (χ4n) is 1.87. The van der Waals surface area contributed by atoms with Gasteiger partial charge >= 0.3 is 0 Å². The van der Waals surface area contributed by atoms with Gasteiger partial charge in [-0.1, -0.05) is 0 Å². The second kappa shape index (κ2) is 3.87. The minimum absolute atomic E-state index is 0.135. The Balaban J connectivity index is 1.81. The number of nitrogens with one attached hydrogen (secondary N) is 1. The highest BCUT2D eigenvalue weighted by atomic mass is 16.5. The molecule has 14 heavy (non-hydrogen) atoms. The quantitative estimate of drug-likeness (QED) is 0.672. The molecule has 0 spiro atoms. The lowest BCUT2D eigenvalue weighted by Crippen LogP contribution is -2.45. The van der Waals surface area contributed by atoms with Crippen molar-refractivity contribution >= 4 is 5.91 Å². The zero-order valence-corrected chi connectivity index (χ0v) is 8.42. The third-order valence-electron chi connectivity index (χ3n) is 3.22. The van der Waals surface area contributed by atoms with Gasteiger partial charge in [-0.15, -0.1) is 0 Å². The molecule has 1 atom stereocenters. The van der Waals surface area contributed by atoms with Crippen LogP contribution in [0.1, 0.15) is 25.7 Å². The Labute approximate surface area is 84.2 Å². The number of amides is 1. The fraction of sp³-hybridized carbons (Fsp3) is 0.900. The second-order valence-corrected chi connectivity index (χ2v) is 4.37. The molecule has 0 aromatic carbocycles. The predicted octanol–water partition coefficient (Wildman–Crippen LogP) is 0.0205. The number of nitrogens with two attached hydrogens (primary N) is 1. The van der Waals surface area contributed by atoms with Crippen LogP contribution in [0.4, 0.5) is 0 Å². The van der Waals surface area contributed by atoms with Gasteiger partial charge in [-0.3, -0.25) is 4.79 Å². The topological polar surface area (TPSA) is 64.4 Å². The van der Waals surface area contributed by atoms with Crippen molar-refractivity contribution in [3.8, 4) is 0 Å². The van der Waals surface area contributed by atoms with Crippen molar-refractivity contribution in [1.82, 2.24) is 5.32 Å². The minimum atomic E-state index is -0.225. The van der Waals surface area contributed by atoms with Crippen LogP contribution in [0, 0.1) is 5.41 Å². The maximum Gasteiger partial charge on any atom is 0.227 e. The van der Waals surface area contributed by atoms with E-state index in [2.05, 4.69) is 5.32 Å². The lowest BCUT2D eigenvalue weighted by Gasteiger charge is -2.25. The molecule has 4 nitrogen and oxygen atoms in total. The molecule has 2 rings (SSSR count). The molecular weight excluding hydrogens is 180 g/mol. The van der Waals surface area contributed by atoms with Gasteiger partial charge in [0.15, 0.2) is 0 Å². The lowest BCUT2D eigenvalue weighted by atomic mass is 10.0. The molecule has 4 heteroatoms. The van der Waals surface area contributed by atoms with Gasteiger partial charge in [0.05, 0.1) is 18.1 Å². The molecule has 80 valence electrons. The molecule has 1 amide bonds. The highest BCUT2D eigenvalue weighted by Gasteiger charge is 2.48. The molecule has 0 bridgehead atoms. The molecular formula is C10H18N2O2. The van der Waals surface area contributed by atoms with Crippen molar-refractivity contribution in [3.05, 3.63) is 0 Å². The van der Waals surface area contributed by atoms with Crippen molar-refractivity contribution in [3.63, 3.8) is 0 Å². The normalized spacial score (nSPS) is 29.6. The third kappa shape index (κ3) is 1.91. The Morgan fingerprint density at radius 1 is 1.57 bits per heavy atom. The summed E-state index contributed by atoms with van der Waals surface area (Å²) in [5, 5.41) is 3.03. The number of carbonyl (C=O) groups excluding carboxylic acids is 1. The molecule has 1 aliphatic carbocycles. The molecule has 1 saturated carbocycles. The zero-order chi connectivity index (χ0) is 10.0. The predicted molar refractivity (Wildman–Crippen MR) is 52.7 cm³/mol. The van der Waals surface area contributed by atoms with E-state index < -0.39 is 0 Å². The molecule has 1 heterocycles. The molecule has 0 radical (unpaired) electrons. The Bertz CT molecular complexity index is 220. The van der Waals surface area contributed by atoms with E-state index >= 15 is 0 Å². The van der Waals surface area contributed by atoms with Crippen LogP contribution in [0.3, 0.4) is 0 Å². The van der Waals surface area contributed by atoms with Crippen LogP contribution in [-0.4, -0.2) is 31.7 Å². The van der Waals surface area contributed by atoms with Crippen LogP contribution < -0.4 is 11.1 Å². The van der Waals surface area contributed by atoms with Crippen LogP contribution in [0.25, 0.3) is 0 Å². The smallest absolute Gasteiger partial charge is 0.227 e. The van der Waals surface area contributed by atoms with E-state index in [1.54, 1.807) is 0 Å². The average Bonchev–Trinajstić information content (AvgIpc) is 3.00. The van der Waals surface area contributed by atoms with Gasteiger partial charge in [-0.2, -0.15) is 0 Å². The number of rotatable bonds is 3. The first kappa shape index (κ1) is 9.93. The van der Waals surface area contributed by atoms with Crippen LogP contribution >= 0.6 is 0 Å². The van der Waals surface area contributed by atoms with Gasteiger partial charge < -0.3 is 15.8 Å². The second-order valence-electron chi connectivity index (χ2n) is 4.37. The van der Waals surface area contributed by atoms with Crippen molar-refractivity contribution in [2.45, 2.75) is 31.7 Å². The number of ether oxygens (including phenoxy) is 1. The van der Waals surface area contributed by atoms with Gasteiger partial charge in [0.25, 0.3) is 0 Å². The summed E-state index contributed by atoms with van der Waals surface area (Å²) in [5.74, 6) is 0.135. The summed E-state index contributed by atoms with van der Waals surface area (Å²) in [6, 6.07) is 0.209. The SMILES string of the molecule is NCC1(C(=O)NC2CCCOC2)CC1. The van der Waals surface area contributed by atoms with Crippen molar-refractivity contribution < 1.29 is 9.53 Å². The summed E-state index contributed by atoms with van der Waals surface area (Å²) < 4.78 is 5.30. The molecule has 2 fully saturated rings. The molecule has 0 aromatic heterocycles. The van der Waals surface area contributed by atoms with Crippen molar-refractivity contribution in [2.75, 3.05) is 19.8 Å². The van der Waals surface area contributed by atoms with Crippen LogP contribution in [-0.2, 0) is 9.53 Å². The van der Waals surface area contributed by atoms with E-state index in [4.69, 9.17) is 10.5 Å². The fourth-order valence-corrected chi connectivity index (χ4v) is 1.87. The number of hydrogen-bond donors (Lipinski definition) is 2. The highest BCUT2D eigenvalue weighted by Crippen LogP contribution is 2.44. The van der Waals surface area contributed by atoms with E-state index in [1.807, 2.05) is 0 Å². The largest absolute Gasteiger partial charge is 0.379 e. The van der Waals surface area contributed by atoms with Gasteiger partial charge in [-0.25, -0.2) is 0 Å². The molecule has 3 N–H and O–H groups in total. The molecule has 1 aliphatic heterocycles. The molecule has 1 saturated heterocycles. The Morgan fingerprint density at radius 2 is 2.36 bits per heavy atom. The first-order valence-electron chi connectivity index (χ1n) is 5.36. The summed E-state index contributed by atoms with van der Waals surface area (Å²) in [5.41, 5.74) is 5.36. The van der Waals surface area contributed by atoms with Crippen LogP contribution in [0.2, 0.25) is 0 Å². The summed E-state index contributed by atoms with van der Waals surface area (Å²) in [6.45, 7) is 1.97. The monoisotopic (exact) mass is 198 g/mol. The molecule has 2 aliphatic rings. The third-order valence-corrected chi connectivity index (χ3v) is 3.22. The minimum Gasteiger partial charge on any atom is -0.379 e. The van der Waals surface area contributed by atoms with E-state index in [0.717, 1.165) is 32.3 Å². The summed E-state index contributed by atoms with van der Waals surface area (Å²) in [7, 11) is 0. The van der Waals surface area contributed by atoms with E-state index in [1.165, 1.54) is 0 Å². The number of hydrogen-bond acceptors (Lipinski definition) is 3. The standard InChI is InChI=1S/C10H18N2O2/c11-7-10(3-4-10)9(13)12-8-2-1-5-14-6-8/h8H,1-7,11H2,(H,12,13). The van der Waals surface area contributed by atoms with E-state index in [0.29, 0.717) is 13.2 Å². The van der Waals surface area contributed by atoms with Gasteiger partial charge in [0.2, 0.25) is 5.91 Å². The Kier molecular flexibility index (Phi) is 2.74. The van der Waals surface area contributed by atoms with Gasteiger partial charge in [-0.05, 0) is 25.7 Å². The zero-order valence-electron chi connectivity index (χ0n) is 8.42. The van der Waals surface area contributed by atoms with E-state index in [-0.39, 0.29) is 17.4 Å². The Morgan fingerprint density at radius 3 is 2.86 bits per heavy atom. The van der Waals surface area contributed by atoms with Gasteiger partial charge in [0.1, 0.15) is 0 Å². The summed E-state index contributed by atoms with van der Waals surface area (Å²) in [4.78, 5) is 11.8. The summed E-state index contributed by atoms with van der Waals surface area (Å²) >= 11 is 0. The van der Waals surface area contributed by atoms with Crippen LogP contribution in [0.15, 0.2) is 0 Å². The van der Waals surface area contributed by atoms with Crippen LogP contribution in [0.5, 0.6) is 0 Å². The number of carbonyl (C=O) groups is 1. The van der Waals surface area contributed by atoms with Crippen molar-refractivity contribution in [1.29, 1.82) is 0 Å². The van der Waals surface area contributed by atoms with Crippen molar-refractivity contribution in [2.24, 2.45) is 11.1 Å². The molecule has 0 aromatic rings. The van der Waals surface area contributed by atoms with Gasteiger partial charge in [0, 0.05) is 13.2 Å². The Hall–Kier alpha value is -0.610. The maximum absolute atomic E-state index is 11.8.